The van der Waals surface area contributed by atoms with Crippen molar-refractivity contribution in [3.63, 3.8) is 0 Å². The number of imidazole rings is 1. The lowest BCUT2D eigenvalue weighted by molar-refractivity contribution is -0.0514. The first kappa shape index (κ1) is 28.9. The summed E-state index contributed by atoms with van der Waals surface area (Å²) >= 11 is 0. The van der Waals surface area contributed by atoms with E-state index in [1.807, 2.05) is 0 Å². The zero-order chi connectivity index (χ0) is 26.0. The molecule has 0 radical (unpaired) electrons. The molecule has 1 unspecified atom stereocenters. The van der Waals surface area contributed by atoms with Crippen LogP contribution in [0.2, 0.25) is 0 Å². The molecule has 0 amide bonds. The monoisotopic (exact) mass is 529 g/mol. The van der Waals surface area contributed by atoms with Crippen molar-refractivity contribution in [2.24, 2.45) is 0 Å². The van der Waals surface area contributed by atoms with Gasteiger partial charge in [0.05, 0.1) is 19.5 Å². The zero-order valence-corrected chi connectivity index (χ0v) is 21.8. The Morgan fingerprint density at radius 1 is 0.972 bits per heavy atom. The number of fused-ring (bicyclic) bond motifs is 1. The number of phosphoric ester groups is 1. The number of hydrogen-bond donors (Lipinski definition) is 4. The van der Waals surface area contributed by atoms with Crippen LogP contribution in [0.15, 0.2) is 12.7 Å². The van der Waals surface area contributed by atoms with Crippen LogP contribution in [0, 0.1) is 0 Å². The third-order valence-corrected chi connectivity index (χ3v) is 7.39. The number of hydrogen-bond acceptors (Lipinski definition) is 10. The van der Waals surface area contributed by atoms with E-state index in [0.29, 0.717) is 17.6 Å². The van der Waals surface area contributed by atoms with Gasteiger partial charge in [-0.05, 0) is 6.42 Å². The summed E-state index contributed by atoms with van der Waals surface area (Å²) in [4.78, 5) is 22.1. The summed E-state index contributed by atoms with van der Waals surface area (Å²) in [5.74, 6) is 0.169. The molecule has 1 fully saturated rings. The predicted octanol–water partition coefficient (Wildman–Crippen LogP) is 3.47. The fourth-order valence-corrected chi connectivity index (χ4v) is 5.07. The van der Waals surface area contributed by atoms with Crippen LogP contribution in [0.25, 0.3) is 11.2 Å². The topological polar surface area (TPSA) is 175 Å². The zero-order valence-electron chi connectivity index (χ0n) is 20.9. The van der Waals surface area contributed by atoms with Gasteiger partial charge in [-0.3, -0.25) is 13.6 Å². The minimum Gasteiger partial charge on any atom is -0.387 e. The van der Waals surface area contributed by atoms with Gasteiger partial charge in [0, 0.05) is 0 Å². The Labute approximate surface area is 211 Å². The fourth-order valence-electron chi connectivity index (χ4n) is 4.30. The second kappa shape index (κ2) is 14.3. The molecule has 36 heavy (non-hydrogen) atoms. The number of aliphatic hydroxyl groups excluding tert-OH is 2. The molecule has 204 valence electrons. The van der Waals surface area contributed by atoms with Gasteiger partial charge in [0.2, 0.25) is 0 Å². The fraction of sp³-hybridized carbons (Fsp3) is 0.783. The first-order valence-corrected chi connectivity index (χ1v) is 14.4. The third-order valence-electron chi connectivity index (χ3n) is 6.40. The van der Waals surface area contributed by atoms with Gasteiger partial charge < -0.3 is 25.6 Å². The molecule has 5 atom stereocenters. The molecular formula is C23H40N5O7P. The summed E-state index contributed by atoms with van der Waals surface area (Å²) in [7, 11) is -4.33. The van der Waals surface area contributed by atoms with Crippen molar-refractivity contribution in [1.82, 2.24) is 19.5 Å². The van der Waals surface area contributed by atoms with E-state index >= 15 is 0 Å². The van der Waals surface area contributed by atoms with Crippen molar-refractivity contribution in [1.29, 1.82) is 0 Å². The molecular weight excluding hydrogens is 489 g/mol. The van der Waals surface area contributed by atoms with Crippen LogP contribution in [0.4, 0.5) is 5.82 Å². The molecule has 0 aliphatic carbocycles. The van der Waals surface area contributed by atoms with Gasteiger partial charge in [-0.25, -0.2) is 19.5 Å². The van der Waals surface area contributed by atoms with Gasteiger partial charge in [0.25, 0.3) is 0 Å². The standard InChI is InChI=1S/C23H40N5O7P/c1-2-3-4-5-6-7-8-9-10-11-12-13-33-36(31,32)34-14-17-19(29)20(30)23(35-17)28-16-27-18-21(24)25-15-26-22(18)28/h15-17,19-20,23,29-30H,2-14H2,1H3,(H,31,32)(H2,24,25,26)/t17-,19-,20-,23-/m1/s1. The Balaban J connectivity index is 1.33. The van der Waals surface area contributed by atoms with Crippen LogP contribution >= 0.6 is 7.82 Å². The van der Waals surface area contributed by atoms with E-state index in [1.165, 1.54) is 62.2 Å². The molecule has 2 aromatic heterocycles. The molecule has 12 nitrogen and oxygen atoms in total. The molecule has 0 bridgehead atoms. The van der Waals surface area contributed by atoms with Crippen LogP contribution in [-0.2, 0) is 18.3 Å². The second-order valence-electron chi connectivity index (χ2n) is 9.26. The van der Waals surface area contributed by atoms with Crippen molar-refractivity contribution in [3.05, 3.63) is 12.7 Å². The Morgan fingerprint density at radius 3 is 2.28 bits per heavy atom. The second-order valence-corrected chi connectivity index (χ2v) is 10.7. The lowest BCUT2D eigenvalue weighted by Gasteiger charge is -2.17. The van der Waals surface area contributed by atoms with Crippen LogP contribution in [0.5, 0.6) is 0 Å². The molecule has 3 rings (SSSR count). The molecule has 0 spiro atoms. The number of anilines is 1. The van der Waals surface area contributed by atoms with Crippen molar-refractivity contribution >= 4 is 24.8 Å². The highest BCUT2D eigenvalue weighted by Gasteiger charge is 2.45. The lowest BCUT2D eigenvalue weighted by atomic mass is 10.1. The Kier molecular flexibility index (Phi) is 11.5. The van der Waals surface area contributed by atoms with Gasteiger partial charge in [-0.15, -0.1) is 0 Å². The number of aliphatic hydroxyl groups is 2. The Hall–Kier alpha value is -1.66. The molecule has 5 N–H and O–H groups in total. The van der Waals surface area contributed by atoms with E-state index < -0.39 is 39.0 Å². The number of unbranched alkanes of at least 4 members (excludes halogenated alkanes) is 10. The molecule has 1 saturated heterocycles. The molecule has 3 heterocycles. The highest BCUT2D eigenvalue weighted by molar-refractivity contribution is 7.47. The number of rotatable bonds is 17. The first-order valence-electron chi connectivity index (χ1n) is 12.9. The quantitative estimate of drug-likeness (QED) is 0.174. The minimum absolute atomic E-state index is 0.103. The SMILES string of the molecule is CCCCCCCCCCCCCOP(=O)(O)OC[C@H]1O[C@@H](n2cnc3c(N)ncnc32)[C@H](O)[C@@H]1O. The van der Waals surface area contributed by atoms with E-state index in [2.05, 4.69) is 21.9 Å². The van der Waals surface area contributed by atoms with E-state index in [9.17, 15) is 19.7 Å². The Bertz CT molecular complexity index is 977. The smallest absolute Gasteiger partial charge is 0.387 e. The normalized spacial score (nSPS) is 23.9. The van der Waals surface area contributed by atoms with Gasteiger partial charge in [0.1, 0.15) is 30.2 Å². The number of nitrogens with zero attached hydrogens (tertiary/aromatic N) is 4. The van der Waals surface area contributed by atoms with Crippen LogP contribution in [-0.4, -0.2) is 66.2 Å². The molecule has 0 aromatic carbocycles. The molecule has 0 saturated carbocycles. The van der Waals surface area contributed by atoms with Crippen LogP contribution < -0.4 is 5.73 Å². The van der Waals surface area contributed by atoms with Crippen molar-refractivity contribution in [3.8, 4) is 0 Å². The van der Waals surface area contributed by atoms with E-state index in [1.54, 1.807) is 0 Å². The number of ether oxygens (including phenoxy) is 1. The predicted molar refractivity (Wildman–Crippen MR) is 134 cm³/mol. The summed E-state index contributed by atoms with van der Waals surface area (Å²) in [5.41, 5.74) is 6.44. The lowest BCUT2D eigenvalue weighted by Crippen LogP contribution is -2.33. The van der Waals surface area contributed by atoms with Gasteiger partial charge in [0.15, 0.2) is 17.7 Å². The van der Waals surface area contributed by atoms with E-state index in [4.69, 9.17) is 19.5 Å². The van der Waals surface area contributed by atoms with E-state index in [0.717, 1.165) is 19.3 Å². The van der Waals surface area contributed by atoms with Gasteiger partial charge >= 0.3 is 7.82 Å². The summed E-state index contributed by atoms with van der Waals surface area (Å²) in [6, 6.07) is 0. The number of nitrogens with two attached hydrogens (primary N) is 1. The summed E-state index contributed by atoms with van der Waals surface area (Å²) in [6.07, 6.45) is 10.6. The molecule has 2 aromatic rings. The molecule has 1 aliphatic heterocycles. The van der Waals surface area contributed by atoms with Gasteiger partial charge in [-0.1, -0.05) is 71.1 Å². The summed E-state index contributed by atoms with van der Waals surface area (Å²) < 4.78 is 29.4. The maximum absolute atomic E-state index is 12.2. The molecule has 13 heteroatoms. The van der Waals surface area contributed by atoms with E-state index in [-0.39, 0.29) is 12.4 Å². The van der Waals surface area contributed by atoms with Gasteiger partial charge in [-0.2, -0.15) is 0 Å². The average Bonchev–Trinajstić information content (AvgIpc) is 3.40. The number of phosphoric acid groups is 1. The third kappa shape index (κ3) is 8.17. The number of aromatic nitrogens is 4. The van der Waals surface area contributed by atoms with Crippen LogP contribution in [0.3, 0.4) is 0 Å². The van der Waals surface area contributed by atoms with Crippen molar-refractivity contribution in [2.75, 3.05) is 18.9 Å². The number of nitrogen functional groups attached to an aromatic ring is 1. The Morgan fingerprint density at radius 2 is 1.61 bits per heavy atom. The van der Waals surface area contributed by atoms with Crippen molar-refractivity contribution < 1.29 is 33.5 Å². The highest BCUT2D eigenvalue weighted by Crippen LogP contribution is 2.44. The highest BCUT2D eigenvalue weighted by atomic mass is 31.2. The minimum atomic E-state index is -4.33. The van der Waals surface area contributed by atoms with Crippen LogP contribution in [0.1, 0.15) is 83.8 Å². The maximum Gasteiger partial charge on any atom is 0.472 e. The average molecular weight is 530 g/mol. The largest absolute Gasteiger partial charge is 0.472 e. The molecule has 1 aliphatic rings. The van der Waals surface area contributed by atoms with Crippen molar-refractivity contribution in [2.45, 2.75) is 102 Å². The summed E-state index contributed by atoms with van der Waals surface area (Å²) in [6.45, 7) is 1.88. The maximum atomic E-state index is 12.2. The first-order chi connectivity index (χ1) is 17.3. The summed E-state index contributed by atoms with van der Waals surface area (Å²) in [5, 5.41) is 20.8.